The van der Waals surface area contributed by atoms with Crippen LogP contribution in [-0.4, -0.2) is 69.6 Å². The van der Waals surface area contributed by atoms with Gasteiger partial charge >= 0.3 is 12.0 Å². The second kappa shape index (κ2) is 10.9. The molecule has 1 saturated heterocycles. The minimum atomic E-state index is -3.59. The Morgan fingerprint density at radius 1 is 1.17 bits per heavy atom. The first-order valence-electron chi connectivity index (χ1n) is 9.31. The number of benzene rings is 1. The van der Waals surface area contributed by atoms with E-state index >= 15 is 0 Å². The SMILES string of the molecule is CC(C)NC(=O)NC(=O)COC(=O)/C=C/c1ccc(S(=O)(=O)N2CCOCC2)cc1. The van der Waals surface area contributed by atoms with Crippen molar-refractivity contribution in [2.24, 2.45) is 0 Å². The van der Waals surface area contributed by atoms with Crippen LogP contribution in [0.1, 0.15) is 19.4 Å². The molecule has 1 aliphatic rings. The van der Waals surface area contributed by atoms with Crippen LogP contribution in [0.4, 0.5) is 4.79 Å². The number of amides is 3. The van der Waals surface area contributed by atoms with Gasteiger partial charge < -0.3 is 14.8 Å². The first-order chi connectivity index (χ1) is 14.2. The van der Waals surface area contributed by atoms with Gasteiger partial charge in [0.15, 0.2) is 6.61 Å². The summed E-state index contributed by atoms with van der Waals surface area (Å²) in [5.74, 6) is -1.54. The Morgan fingerprint density at radius 2 is 1.80 bits per heavy atom. The predicted octanol–water partition coefficient (Wildman–Crippen LogP) is 0.498. The van der Waals surface area contributed by atoms with Crippen molar-refractivity contribution in [3.8, 4) is 0 Å². The molecule has 1 aliphatic heterocycles. The molecular weight excluding hydrogens is 414 g/mol. The molecule has 3 amide bonds. The van der Waals surface area contributed by atoms with Crippen LogP contribution < -0.4 is 10.6 Å². The summed E-state index contributed by atoms with van der Waals surface area (Å²) in [4.78, 5) is 34.8. The van der Waals surface area contributed by atoms with Crippen LogP contribution in [-0.2, 0) is 29.1 Å². The molecule has 0 saturated carbocycles. The van der Waals surface area contributed by atoms with E-state index < -0.39 is 34.5 Å². The van der Waals surface area contributed by atoms with E-state index in [-0.39, 0.29) is 10.9 Å². The van der Waals surface area contributed by atoms with Gasteiger partial charge in [0.25, 0.3) is 5.91 Å². The van der Waals surface area contributed by atoms with Gasteiger partial charge in [-0.2, -0.15) is 4.31 Å². The molecule has 0 atom stereocenters. The smallest absolute Gasteiger partial charge is 0.331 e. The van der Waals surface area contributed by atoms with E-state index in [1.807, 2.05) is 5.32 Å². The number of sulfonamides is 1. The number of morpholine rings is 1. The van der Waals surface area contributed by atoms with Crippen LogP contribution in [0.5, 0.6) is 0 Å². The summed E-state index contributed by atoms with van der Waals surface area (Å²) in [6.45, 7) is 4.21. The van der Waals surface area contributed by atoms with Gasteiger partial charge in [0.05, 0.1) is 18.1 Å². The molecule has 0 spiro atoms. The number of esters is 1. The van der Waals surface area contributed by atoms with E-state index in [9.17, 15) is 22.8 Å². The van der Waals surface area contributed by atoms with Gasteiger partial charge in [0, 0.05) is 25.2 Å². The Hall–Kier alpha value is -2.76. The van der Waals surface area contributed by atoms with Crippen LogP contribution in [0.3, 0.4) is 0 Å². The maximum Gasteiger partial charge on any atom is 0.331 e. The quantitative estimate of drug-likeness (QED) is 0.467. The van der Waals surface area contributed by atoms with Gasteiger partial charge in [-0.05, 0) is 37.6 Å². The fourth-order valence-electron chi connectivity index (χ4n) is 2.50. The normalized spacial score (nSPS) is 15.2. The molecular formula is C19H25N3O7S. The van der Waals surface area contributed by atoms with E-state index in [0.717, 1.165) is 6.08 Å². The summed E-state index contributed by atoms with van der Waals surface area (Å²) in [5, 5.41) is 4.50. The molecule has 10 nitrogen and oxygen atoms in total. The van der Waals surface area contributed by atoms with Gasteiger partial charge in [-0.1, -0.05) is 12.1 Å². The Morgan fingerprint density at radius 3 is 2.40 bits per heavy atom. The van der Waals surface area contributed by atoms with Crippen LogP contribution >= 0.6 is 0 Å². The second-order valence-corrected chi connectivity index (χ2v) is 8.64. The highest BCUT2D eigenvalue weighted by molar-refractivity contribution is 7.89. The lowest BCUT2D eigenvalue weighted by Gasteiger charge is -2.26. The number of carbonyl (C=O) groups is 3. The maximum absolute atomic E-state index is 12.6. The van der Waals surface area contributed by atoms with E-state index in [4.69, 9.17) is 9.47 Å². The van der Waals surface area contributed by atoms with E-state index in [1.54, 1.807) is 26.0 Å². The van der Waals surface area contributed by atoms with Crippen molar-refractivity contribution in [3.05, 3.63) is 35.9 Å². The highest BCUT2D eigenvalue weighted by Gasteiger charge is 2.25. The summed E-state index contributed by atoms with van der Waals surface area (Å²) in [6.07, 6.45) is 2.53. The topological polar surface area (TPSA) is 131 Å². The van der Waals surface area contributed by atoms with Crippen LogP contribution in [0.2, 0.25) is 0 Å². The van der Waals surface area contributed by atoms with E-state index in [2.05, 4.69) is 5.32 Å². The third kappa shape index (κ3) is 7.25. The summed E-state index contributed by atoms with van der Waals surface area (Å²) in [5.41, 5.74) is 0.577. The third-order valence-corrected chi connectivity index (χ3v) is 5.83. The number of nitrogens with zero attached hydrogens (tertiary/aromatic N) is 1. The lowest BCUT2D eigenvalue weighted by atomic mass is 10.2. The Labute approximate surface area is 175 Å². The number of urea groups is 1. The second-order valence-electron chi connectivity index (χ2n) is 6.70. The van der Waals surface area contributed by atoms with Gasteiger partial charge in [0.1, 0.15) is 0 Å². The zero-order chi connectivity index (χ0) is 22.1. The van der Waals surface area contributed by atoms with E-state index in [0.29, 0.717) is 31.9 Å². The van der Waals surface area contributed by atoms with Crippen molar-refractivity contribution >= 4 is 34.0 Å². The van der Waals surface area contributed by atoms with Crippen molar-refractivity contribution in [2.75, 3.05) is 32.9 Å². The van der Waals surface area contributed by atoms with Crippen molar-refractivity contribution in [1.82, 2.24) is 14.9 Å². The molecule has 1 aromatic carbocycles. The molecule has 1 heterocycles. The third-order valence-electron chi connectivity index (χ3n) is 3.92. The molecule has 2 N–H and O–H groups in total. The summed E-state index contributed by atoms with van der Waals surface area (Å²) in [6, 6.07) is 5.21. The van der Waals surface area contributed by atoms with Crippen LogP contribution in [0.15, 0.2) is 35.2 Å². The lowest BCUT2D eigenvalue weighted by Crippen LogP contribution is -2.43. The van der Waals surface area contributed by atoms with Crippen LogP contribution in [0, 0.1) is 0 Å². The molecule has 0 aliphatic carbocycles. The average Bonchev–Trinajstić information content (AvgIpc) is 2.71. The molecule has 0 aromatic heterocycles. The highest BCUT2D eigenvalue weighted by atomic mass is 32.2. The van der Waals surface area contributed by atoms with Gasteiger partial charge in [0.2, 0.25) is 10.0 Å². The van der Waals surface area contributed by atoms with Gasteiger partial charge in [-0.3, -0.25) is 10.1 Å². The van der Waals surface area contributed by atoms with Crippen molar-refractivity contribution in [2.45, 2.75) is 24.8 Å². The first kappa shape index (κ1) is 23.5. The zero-order valence-electron chi connectivity index (χ0n) is 16.8. The van der Waals surface area contributed by atoms with Crippen LogP contribution in [0.25, 0.3) is 6.08 Å². The molecule has 0 radical (unpaired) electrons. The first-order valence-corrected chi connectivity index (χ1v) is 10.8. The molecule has 0 bridgehead atoms. The zero-order valence-corrected chi connectivity index (χ0v) is 17.6. The number of rotatable bonds is 7. The largest absolute Gasteiger partial charge is 0.452 e. The average molecular weight is 439 g/mol. The molecule has 11 heteroatoms. The maximum atomic E-state index is 12.6. The number of imide groups is 1. The number of carbonyl (C=O) groups excluding carboxylic acids is 3. The van der Waals surface area contributed by atoms with Gasteiger partial charge in [-0.25, -0.2) is 18.0 Å². The fourth-order valence-corrected chi connectivity index (χ4v) is 3.90. The minimum Gasteiger partial charge on any atom is -0.452 e. The predicted molar refractivity (Wildman–Crippen MR) is 108 cm³/mol. The Kier molecular flexibility index (Phi) is 8.51. The summed E-state index contributed by atoms with van der Waals surface area (Å²) < 4.78 is 36.4. The molecule has 164 valence electrons. The number of ether oxygens (including phenoxy) is 2. The fraction of sp³-hybridized carbons (Fsp3) is 0.421. The molecule has 1 aromatic rings. The summed E-state index contributed by atoms with van der Waals surface area (Å²) >= 11 is 0. The summed E-state index contributed by atoms with van der Waals surface area (Å²) in [7, 11) is -3.59. The highest BCUT2D eigenvalue weighted by Crippen LogP contribution is 2.18. The lowest BCUT2D eigenvalue weighted by molar-refractivity contribution is -0.143. The number of nitrogens with one attached hydrogen (secondary N) is 2. The van der Waals surface area contributed by atoms with E-state index in [1.165, 1.54) is 22.5 Å². The van der Waals surface area contributed by atoms with Gasteiger partial charge in [-0.15, -0.1) is 0 Å². The van der Waals surface area contributed by atoms with Crippen molar-refractivity contribution in [3.63, 3.8) is 0 Å². The monoisotopic (exact) mass is 439 g/mol. The Balaban J connectivity index is 1.85. The molecule has 1 fully saturated rings. The molecule has 0 unspecified atom stereocenters. The van der Waals surface area contributed by atoms with Crippen molar-refractivity contribution in [1.29, 1.82) is 0 Å². The molecule has 30 heavy (non-hydrogen) atoms. The van der Waals surface area contributed by atoms with Crippen molar-refractivity contribution < 1.29 is 32.3 Å². The minimum absolute atomic E-state index is 0.140. The standard InChI is InChI=1S/C19H25N3O7S/c1-14(2)20-19(25)21-17(23)13-29-18(24)8-5-15-3-6-16(7-4-15)30(26,27)22-9-11-28-12-10-22/h3-8,14H,9-13H2,1-2H3,(H2,20,21,23,25)/b8-5+. The molecule has 2 rings (SSSR count). The number of hydrogen-bond donors (Lipinski definition) is 2. The Bertz CT molecular complexity index is 889. The number of hydrogen-bond acceptors (Lipinski definition) is 7.